The number of carbonyl (C=O) groups is 2. The van der Waals surface area contributed by atoms with E-state index in [4.69, 9.17) is 9.52 Å². The molecule has 0 saturated carbocycles. The summed E-state index contributed by atoms with van der Waals surface area (Å²) in [4.78, 5) is 25.8. The third-order valence-corrected chi connectivity index (χ3v) is 2.06. The van der Waals surface area contributed by atoms with Gasteiger partial charge in [0.1, 0.15) is 0 Å². The van der Waals surface area contributed by atoms with Gasteiger partial charge in [-0.2, -0.15) is 0 Å². The Hall–Kier alpha value is -2.50. The third-order valence-electron chi connectivity index (χ3n) is 2.06. The topological polar surface area (TPSA) is 80.4 Å². The second kappa shape index (κ2) is 4.17. The fraction of sp³-hybridized carbons (Fsp3) is 0. The van der Waals surface area contributed by atoms with E-state index in [0.717, 1.165) is 12.3 Å². The molecule has 1 N–H and O–H groups in total. The van der Waals surface area contributed by atoms with Crippen LogP contribution in [0.25, 0.3) is 0 Å². The van der Waals surface area contributed by atoms with E-state index in [1.54, 1.807) is 0 Å². The maximum absolute atomic E-state index is 13.2. The molecule has 2 aromatic heterocycles. The summed E-state index contributed by atoms with van der Waals surface area (Å²) in [5.74, 6) is -3.40. The first-order valence-corrected chi connectivity index (χ1v) is 4.57. The van der Waals surface area contributed by atoms with Crippen molar-refractivity contribution in [3.05, 3.63) is 53.5 Å². The summed E-state index contributed by atoms with van der Waals surface area (Å²) >= 11 is 0. The molecule has 2 rings (SSSR count). The number of furan rings is 1. The first kappa shape index (κ1) is 11.0. The number of hydrogen-bond donors (Lipinski definition) is 1. The molecular weight excluding hydrogens is 229 g/mol. The van der Waals surface area contributed by atoms with Gasteiger partial charge in [0.2, 0.25) is 11.5 Å². The monoisotopic (exact) mass is 235 g/mol. The fourth-order valence-electron chi connectivity index (χ4n) is 1.27. The highest BCUT2D eigenvalue weighted by molar-refractivity contribution is 6.07. The average molecular weight is 235 g/mol. The lowest BCUT2D eigenvalue weighted by Crippen LogP contribution is -2.03. The summed E-state index contributed by atoms with van der Waals surface area (Å²) in [7, 11) is 0. The summed E-state index contributed by atoms with van der Waals surface area (Å²) in [5, 5.41) is 8.62. The van der Waals surface area contributed by atoms with Crippen LogP contribution >= 0.6 is 0 Å². The number of hydrogen-bond acceptors (Lipinski definition) is 4. The molecule has 0 amide bonds. The van der Waals surface area contributed by atoms with Crippen molar-refractivity contribution in [1.29, 1.82) is 0 Å². The summed E-state index contributed by atoms with van der Waals surface area (Å²) in [6, 6.07) is 3.51. The number of aromatic carboxylic acids is 1. The number of rotatable bonds is 3. The Morgan fingerprint density at radius 3 is 2.53 bits per heavy atom. The van der Waals surface area contributed by atoms with E-state index in [2.05, 4.69) is 4.98 Å². The Balaban J connectivity index is 2.37. The van der Waals surface area contributed by atoms with E-state index in [9.17, 15) is 14.0 Å². The van der Waals surface area contributed by atoms with E-state index < -0.39 is 17.6 Å². The van der Waals surface area contributed by atoms with Crippen molar-refractivity contribution >= 4 is 11.8 Å². The summed E-state index contributed by atoms with van der Waals surface area (Å²) in [6.07, 6.45) is 2.16. The molecule has 0 bridgehead atoms. The smallest absolute Gasteiger partial charge is 0.371 e. The summed E-state index contributed by atoms with van der Waals surface area (Å²) in [5.41, 5.74) is -0.216. The number of aromatic nitrogens is 1. The van der Waals surface area contributed by atoms with Crippen LogP contribution in [-0.4, -0.2) is 21.8 Å². The van der Waals surface area contributed by atoms with Gasteiger partial charge < -0.3 is 9.52 Å². The first-order chi connectivity index (χ1) is 8.09. The Kier molecular flexibility index (Phi) is 2.70. The van der Waals surface area contributed by atoms with Crippen molar-refractivity contribution in [1.82, 2.24) is 4.98 Å². The number of nitrogens with zero attached hydrogens (tertiary/aromatic N) is 1. The molecule has 0 aromatic carbocycles. The zero-order chi connectivity index (χ0) is 12.4. The van der Waals surface area contributed by atoms with Gasteiger partial charge in [-0.1, -0.05) is 0 Å². The van der Waals surface area contributed by atoms with Gasteiger partial charge in [-0.15, -0.1) is 0 Å². The van der Waals surface area contributed by atoms with Gasteiger partial charge in [0, 0.05) is 6.20 Å². The minimum absolute atomic E-state index is 0.216. The van der Waals surface area contributed by atoms with Crippen molar-refractivity contribution in [2.45, 2.75) is 0 Å². The largest absolute Gasteiger partial charge is 0.475 e. The van der Waals surface area contributed by atoms with Crippen LogP contribution < -0.4 is 0 Å². The third kappa shape index (κ3) is 2.05. The normalized spacial score (nSPS) is 10.2. The highest BCUT2D eigenvalue weighted by Crippen LogP contribution is 2.15. The molecular formula is C11H6FNO4. The molecule has 17 heavy (non-hydrogen) atoms. The highest BCUT2D eigenvalue weighted by Gasteiger charge is 2.19. The van der Waals surface area contributed by atoms with Crippen LogP contribution in [0.5, 0.6) is 0 Å². The second-order valence-electron chi connectivity index (χ2n) is 3.15. The van der Waals surface area contributed by atoms with Gasteiger partial charge in [0.15, 0.2) is 11.6 Å². The number of carbonyl (C=O) groups excluding carboxylic acids is 1. The van der Waals surface area contributed by atoms with Gasteiger partial charge in [-0.25, -0.2) is 9.18 Å². The zero-order valence-electron chi connectivity index (χ0n) is 8.38. The lowest BCUT2D eigenvalue weighted by atomic mass is 10.1. The van der Waals surface area contributed by atoms with E-state index in [1.165, 1.54) is 18.3 Å². The number of ketones is 1. The Labute approximate surface area is 94.5 Å². The molecule has 0 unspecified atom stereocenters. The van der Waals surface area contributed by atoms with Gasteiger partial charge in [0.25, 0.3) is 0 Å². The molecule has 0 aliphatic rings. The SMILES string of the molecule is O=C(O)c1ccc(C(=O)c2ccncc2F)o1. The van der Waals surface area contributed by atoms with Crippen LogP contribution in [0.1, 0.15) is 26.7 Å². The molecule has 86 valence electrons. The molecule has 0 radical (unpaired) electrons. The molecule has 0 aliphatic heterocycles. The van der Waals surface area contributed by atoms with Gasteiger partial charge in [0.05, 0.1) is 11.8 Å². The van der Waals surface area contributed by atoms with Crippen LogP contribution in [0, 0.1) is 5.82 Å². The van der Waals surface area contributed by atoms with Crippen LogP contribution in [0.4, 0.5) is 4.39 Å². The van der Waals surface area contributed by atoms with Gasteiger partial charge >= 0.3 is 5.97 Å². The van der Waals surface area contributed by atoms with Crippen molar-refractivity contribution in [3.63, 3.8) is 0 Å². The Morgan fingerprint density at radius 2 is 1.94 bits per heavy atom. The number of pyridine rings is 1. The van der Waals surface area contributed by atoms with Gasteiger partial charge in [-0.3, -0.25) is 9.78 Å². The molecule has 2 heterocycles. The average Bonchev–Trinajstić information content (AvgIpc) is 2.78. The fourth-order valence-corrected chi connectivity index (χ4v) is 1.27. The van der Waals surface area contributed by atoms with Crippen LogP contribution in [0.15, 0.2) is 35.0 Å². The predicted octanol–water partition coefficient (Wildman–Crippen LogP) is 1.74. The minimum Gasteiger partial charge on any atom is -0.475 e. The van der Waals surface area contributed by atoms with Crippen molar-refractivity contribution in [2.75, 3.05) is 0 Å². The minimum atomic E-state index is -1.29. The Morgan fingerprint density at radius 1 is 1.24 bits per heavy atom. The second-order valence-corrected chi connectivity index (χ2v) is 3.15. The Bertz CT molecular complexity index is 591. The predicted molar refractivity (Wildman–Crippen MR) is 53.3 cm³/mol. The molecule has 2 aromatic rings. The number of halogens is 1. The lowest BCUT2D eigenvalue weighted by Gasteiger charge is -1.98. The van der Waals surface area contributed by atoms with Crippen molar-refractivity contribution < 1.29 is 23.5 Å². The maximum atomic E-state index is 13.2. The van der Waals surface area contributed by atoms with E-state index in [-0.39, 0.29) is 17.1 Å². The molecule has 0 fully saturated rings. The molecule has 5 nitrogen and oxygen atoms in total. The quantitative estimate of drug-likeness (QED) is 0.819. The van der Waals surface area contributed by atoms with E-state index >= 15 is 0 Å². The summed E-state index contributed by atoms with van der Waals surface area (Å²) in [6.45, 7) is 0. The van der Waals surface area contributed by atoms with Crippen LogP contribution in [0.2, 0.25) is 0 Å². The highest BCUT2D eigenvalue weighted by atomic mass is 19.1. The maximum Gasteiger partial charge on any atom is 0.371 e. The molecule has 0 saturated heterocycles. The number of carboxylic acids is 1. The molecule has 0 spiro atoms. The standard InChI is InChI=1S/C11H6FNO4/c12-7-5-13-4-3-6(7)10(14)8-1-2-9(17-8)11(15)16/h1-5H,(H,15,16). The van der Waals surface area contributed by atoms with Crippen molar-refractivity contribution in [2.24, 2.45) is 0 Å². The van der Waals surface area contributed by atoms with Crippen LogP contribution in [-0.2, 0) is 0 Å². The van der Waals surface area contributed by atoms with Crippen LogP contribution in [0.3, 0.4) is 0 Å². The molecule has 0 aliphatic carbocycles. The zero-order valence-corrected chi connectivity index (χ0v) is 8.38. The van der Waals surface area contributed by atoms with Crippen molar-refractivity contribution in [3.8, 4) is 0 Å². The molecule has 6 heteroatoms. The molecule has 0 atom stereocenters. The number of carboxylic acid groups (broad SMARTS) is 1. The van der Waals surface area contributed by atoms with E-state index in [1.807, 2.05) is 0 Å². The summed E-state index contributed by atoms with van der Waals surface area (Å²) < 4.78 is 18.0. The first-order valence-electron chi connectivity index (χ1n) is 4.57. The van der Waals surface area contributed by atoms with Gasteiger partial charge in [-0.05, 0) is 18.2 Å². The van der Waals surface area contributed by atoms with E-state index in [0.29, 0.717) is 0 Å². The lowest BCUT2D eigenvalue weighted by molar-refractivity contribution is 0.0660.